The first-order chi connectivity index (χ1) is 11.7. The maximum atomic E-state index is 12.5. The highest BCUT2D eigenvalue weighted by Crippen LogP contribution is 2.24. The van der Waals surface area contributed by atoms with Gasteiger partial charge in [0.1, 0.15) is 11.8 Å². The van der Waals surface area contributed by atoms with Crippen LogP contribution >= 0.6 is 0 Å². The van der Waals surface area contributed by atoms with Crippen LogP contribution in [0.4, 0.5) is 11.4 Å². The van der Waals surface area contributed by atoms with E-state index in [2.05, 4.69) is 5.32 Å². The molecule has 0 aromatic heterocycles. The molecular weight excluding hydrogens is 340 g/mol. The highest BCUT2D eigenvalue weighted by Gasteiger charge is 2.29. The van der Waals surface area contributed by atoms with Gasteiger partial charge in [0.05, 0.1) is 19.1 Å². The molecule has 0 aliphatic heterocycles. The number of benzene rings is 2. The van der Waals surface area contributed by atoms with E-state index < -0.39 is 22.0 Å². The molecule has 25 heavy (non-hydrogen) atoms. The maximum Gasteiger partial charge on any atom is 0.247 e. The van der Waals surface area contributed by atoms with Gasteiger partial charge < -0.3 is 10.1 Å². The fraction of sp³-hybridized carbons (Fsp3) is 0.278. The summed E-state index contributed by atoms with van der Waals surface area (Å²) in [5.41, 5.74) is 2.09. The number of anilines is 2. The normalized spacial score (nSPS) is 12.3. The molecule has 134 valence electrons. The number of sulfonamides is 1. The Morgan fingerprint density at radius 1 is 1.08 bits per heavy atom. The lowest BCUT2D eigenvalue weighted by Gasteiger charge is -2.28. The molecule has 0 saturated carbocycles. The average molecular weight is 362 g/mol. The highest BCUT2D eigenvalue weighted by atomic mass is 32.2. The summed E-state index contributed by atoms with van der Waals surface area (Å²) >= 11 is 0. The van der Waals surface area contributed by atoms with Gasteiger partial charge in [-0.2, -0.15) is 0 Å². The Kier molecular flexibility index (Phi) is 5.69. The zero-order valence-corrected chi connectivity index (χ0v) is 15.5. The van der Waals surface area contributed by atoms with E-state index in [1.54, 1.807) is 43.3 Å². The van der Waals surface area contributed by atoms with Crippen LogP contribution in [0.1, 0.15) is 12.5 Å². The lowest BCUT2D eigenvalue weighted by Crippen LogP contribution is -2.45. The van der Waals surface area contributed by atoms with Crippen LogP contribution in [0.15, 0.2) is 48.5 Å². The molecule has 1 atom stereocenters. The molecule has 0 heterocycles. The number of rotatable bonds is 6. The molecule has 0 saturated heterocycles. The van der Waals surface area contributed by atoms with Gasteiger partial charge in [-0.1, -0.05) is 17.7 Å². The van der Waals surface area contributed by atoms with Crippen molar-refractivity contribution in [1.82, 2.24) is 0 Å². The molecule has 0 radical (unpaired) electrons. The molecule has 0 fully saturated rings. The van der Waals surface area contributed by atoms with Crippen molar-refractivity contribution in [3.63, 3.8) is 0 Å². The van der Waals surface area contributed by atoms with Crippen LogP contribution < -0.4 is 14.4 Å². The number of nitrogens with one attached hydrogen (secondary N) is 1. The van der Waals surface area contributed by atoms with E-state index in [0.29, 0.717) is 17.1 Å². The lowest BCUT2D eigenvalue weighted by atomic mass is 10.2. The van der Waals surface area contributed by atoms with Gasteiger partial charge in [0.25, 0.3) is 0 Å². The van der Waals surface area contributed by atoms with Crippen molar-refractivity contribution in [1.29, 1.82) is 0 Å². The third-order valence-corrected chi connectivity index (χ3v) is 4.98. The number of methoxy groups -OCH3 is 1. The molecule has 0 aliphatic carbocycles. The maximum absolute atomic E-state index is 12.5. The monoisotopic (exact) mass is 362 g/mol. The van der Waals surface area contributed by atoms with E-state index in [4.69, 9.17) is 4.74 Å². The number of ether oxygens (including phenoxy) is 1. The van der Waals surface area contributed by atoms with Crippen molar-refractivity contribution in [2.45, 2.75) is 19.9 Å². The number of carbonyl (C=O) groups excluding carboxylic acids is 1. The summed E-state index contributed by atoms with van der Waals surface area (Å²) in [6.45, 7) is 3.50. The van der Waals surface area contributed by atoms with Crippen LogP contribution in [-0.4, -0.2) is 33.7 Å². The fourth-order valence-electron chi connectivity index (χ4n) is 2.42. The number of hydrogen-bond donors (Lipinski definition) is 1. The zero-order valence-electron chi connectivity index (χ0n) is 14.7. The average Bonchev–Trinajstić information content (AvgIpc) is 2.56. The van der Waals surface area contributed by atoms with Crippen molar-refractivity contribution in [3.05, 3.63) is 54.1 Å². The predicted octanol–water partition coefficient (Wildman–Crippen LogP) is 2.80. The minimum absolute atomic E-state index is 0.398. The molecule has 2 aromatic rings. The Balaban J connectivity index is 2.27. The Morgan fingerprint density at radius 2 is 1.64 bits per heavy atom. The topological polar surface area (TPSA) is 75.7 Å². The minimum atomic E-state index is -3.65. The molecule has 2 rings (SSSR count). The van der Waals surface area contributed by atoms with E-state index in [9.17, 15) is 13.2 Å². The van der Waals surface area contributed by atoms with Crippen LogP contribution in [0, 0.1) is 6.92 Å². The van der Waals surface area contributed by atoms with E-state index >= 15 is 0 Å². The molecule has 1 N–H and O–H groups in total. The number of carbonyl (C=O) groups is 1. The molecule has 2 aromatic carbocycles. The van der Waals surface area contributed by atoms with E-state index in [1.807, 2.05) is 19.1 Å². The van der Waals surface area contributed by atoms with Crippen molar-refractivity contribution in [2.24, 2.45) is 0 Å². The molecule has 1 amide bonds. The quantitative estimate of drug-likeness (QED) is 0.857. The van der Waals surface area contributed by atoms with Crippen molar-refractivity contribution in [2.75, 3.05) is 23.0 Å². The standard InChI is InChI=1S/C18H22N2O4S/c1-13-5-7-15(8-6-13)19-18(21)14(2)20(25(4,22)23)16-9-11-17(24-3)12-10-16/h5-12,14H,1-4H3,(H,19,21). The molecule has 6 nitrogen and oxygen atoms in total. The van der Waals surface area contributed by atoms with Gasteiger partial charge in [-0.15, -0.1) is 0 Å². The summed E-state index contributed by atoms with van der Waals surface area (Å²) in [7, 11) is -2.12. The minimum Gasteiger partial charge on any atom is -0.497 e. The Bertz CT molecular complexity index is 830. The lowest BCUT2D eigenvalue weighted by molar-refractivity contribution is -0.116. The number of amides is 1. The Hall–Kier alpha value is -2.54. The summed E-state index contributed by atoms with van der Waals surface area (Å²) < 4.78 is 30.7. The SMILES string of the molecule is COc1ccc(N(C(C)C(=O)Nc2ccc(C)cc2)S(C)(=O)=O)cc1. The summed E-state index contributed by atoms with van der Waals surface area (Å²) in [6.07, 6.45) is 1.08. The van der Waals surface area contributed by atoms with Gasteiger partial charge in [0.2, 0.25) is 15.9 Å². The van der Waals surface area contributed by atoms with Crippen molar-refractivity contribution < 1.29 is 17.9 Å². The second-order valence-electron chi connectivity index (χ2n) is 5.79. The van der Waals surface area contributed by atoms with Gasteiger partial charge in [-0.3, -0.25) is 9.10 Å². The van der Waals surface area contributed by atoms with Crippen LogP contribution in [-0.2, 0) is 14.8 Å². The second kappa shape index (κ2) is 7.57. The summed E-state index contributed by atoms with van der Waals surface area (Å²) in [5.74, 6) is 0.194. The van der Waals surface area contributed by atoms with Crippen molar-refractivity contribution in [3.8, 4) is 5.75 Å². The van der Waals surface area contributed by atoms with E-state index in [-0.39, 0.29) is 0 Å². The zero-order chi connectivity index (χ0) is 18.6. The van der Waals surface area contributed by atoms with E-state index in [1.165, 1.54) is 7.11 Å². The molecule has 0 spiro atoms. The first-order valence-electron chi connectivity index (χ1n) is 7.73. The third-order valence-electron chi connectivity index (χ3n) is 3.73. The molecule has 0 aliphatic rings. The number of hydrogen-bond acceptors (Lipinski definition) is 4. The van der Waals surface area contributed by atoms with Gasteiger partial charge >= 0.3 is 0 Å². The molecule has 7 heteroatoms. The van der Waals surface area contributed by atoms with Gasteiger partial charge in [-0.25, -0.2) is 8.42 Å². The molecule has 0 bridgehead atoms. The fourth-order valence-corrected chi connectivity index (χ4v) is 3.60. The van der Waals surface area contributed by atoms with Crippen LogP contribution in [0.2, 0.25) is 0 Å². The largest absolute Gasteiger partial charge is 0.497 e. The van der Waals surface area contributed by atoms with Gasteiger partial charge in [0, 0.05) is 5.69 Å². The summed E-state index contributed by atoms with van der Waals surface area (Å²) in [4.78, 5) is 12.5. The van der Waals surface area contributed by atoms with Crippen molar-refractivity contribution >= 4 is 27.3 Å². The van der Waals surface area contributed by atoms with Crippen LogP contribution in [0.5, 0.6) is 5.75 Å². The first-order valence-corrected chi connectivity index (χ1v) is 9.58. The smallest absolute Gasteiger partial charge is 0.247 e. The first kappa shape index (κ1) is 18.8. The predicted molar refractivity (Wildman–Crippen MR) is 99.6 cm³/mol. The molecule has 1 unspecified atom stereocenters. The number of nitrogens with zero attached hydrogens (tertiary/aromatic N) is 1. The third kappa shape index (κ3) is 4.73. The summed E-state index contributed by atoms with van der Waals surface area (Å²) in [5, 5.41) is 2.74. The van der Waals surface area contributed by atoms with Gasteiger partial charge in [0.15, 0.2) is 0 Å². The van der Waals surface area contributed by atoms with Crippen LogP contribution in [0.25, 0.3) is 0 Å². The van der Waals surface area contributed by atoms with E-state index in [0.717, 1.165) is 16.1 Å². The second-order valence-corrected chi connectivity index (χ2v) is 7.65. The Labute approximate surface area is 148 Å². The Morgan fingerprint density at radius 3 is 2.12 bits per heavy atom. The summed E-state index contributed by atoms with van der Waals surface area (Å²) in [6, 6.07) is 12.9. The number of aryl methyl sites for hydroxylation is 1. The van der Waals surface area contributed by atoms with Crippen LogP contribution in [0.3, 0.4) is 0 Å². The van der Waals surface area contributed by atoms with Gasteiger partial charge in [-0.05, 0) is 50.2 Å². The molecular formula is C18H22N2O4S. The highest BCUT2D eigenvalue weighted by molar-refractivity contribution is 7.92.